The summed E-state index contributed by atoms with van der Waals surface area (Å²) >= 11 is 0. The van der Waals surface area contributed by atoms with Gasteiger partial charge in [0.1, 0.15) is 11.7 Å². The summed E-state index contributed by atoms with van der Waals surface area (Å²) in [6.45, 7) is 4.92. The Bertz CT molecular complexity index is 1030. The Kier molecular flexibility index (Phi) is 7.92. The second-order valence-corrected chi connectivity index (χ2v) is 10.1. The average Bonchev–Trinajstić information content (AvgIpc) is 2.80. The number of rotatable bonds is 5. The maximum Gasteiger partial charge on any atom is 0.243 e. The molecule has 2 N–H and O–H groups in total. The van der Waals surface area contributed by atoms with Crippen molar-refractivity contribution in [3.05, 3.63) is 65.5 Å². The number of amidine groups is 1. The topological polar surface area (TPSA) is 73.8 Å². The Morgan fingerprint density at radius 1 is 1.06 bits per heavy atom. The summed E-state index contributed by atoms with van der Waals surface area (Å²) in [5.41, 5.74) is 1.74. The van der Waals surface area contributed by atoms with E-state index in [4.69, 9.17) is 4.99 Å². The highest BCUT2D eigenvalue weighted by atomic mass is 35.5. The van der Waals surface area contributed by atoms with Gasteiger partial charge in [0.25, 0.3) is 0 Å². The Hall–Kier alpha value is -2.00. The smallest absolute Gasteiger partial charge is 0.243 e. The number of nitrogens with zero attached hydrogens (tertiary/aromatic N) is 2. The fourth-order valence-electron chi connectivity index (χ4n) is 4.28. The molecule has 2 heterocycles. The van der Waals surface area contributed by atoms with Crippen molar-refractivity contribution in [1.29, 1.82) is 0 Å². The SMILES string of the molecule is CCc1ccc(S(=O)(=O)N2CCC3(CC2)NCCN=C3NCc2ccc(F)cc2)cc1.Cl. The lowest BCUT2D eigenvalue weighted by Gasteiger charge is -2.44. The van der Waals surface area contributed by atoms with Crippen LogP contribution in [-0.2, 0) is 23.0 Å². The maximum atomic E-state index is 13.2. The van der Waals surface area contributed by atoms with E-state index in [9.17, 15) is 12.8 Å². The predicted octanol–water partition coefficient (Wildman–Crippen LogP) is 3.12. The number of halogens is 2. The van der Waals surface area contributed by atoms with Crippen LogP contribution in [0.3, 0.4) is 0 Å². The molecular formula is C23H30ClFN4O2S. The number of nitrogens with one attached hydrogen (secondary N) is 2. The summed E-state index contributed by atoms with van der Waals surface area (Å²) in [5, 5.41) is 6.99. The van der Waals surface area contributed by atoms with Gasteiger partial charge in [0.2, 0.25) is 10.0 Å². The molecular weight excluding hydrogens is 451 g/mol. The van der Waals surface area contributed by atoms with Crippen LogP contribution in [0.15, 0.2) is 58.4 Å². The molecule has 2 aromatic carbocycles. The average molecular weight is 481 g/mol. The molecule has 0 amide bonds. The first kappa shape index (κ1) is 24.6. The van der Waals surface area contributed by atoms with Gasteiger partial charge in [-0.1, -0.05) is 31.2 Å². The van der Waals surface area contributed by atoms with Crippen LogP contribution in [0.4, 0.5) is 4.39 Å². The highest BCUT2D eigenvalue weighted by Gasteiger charge is 2.43. The van der Waals surface area contributed by atoms with Crippen LogP contribution in [-0.4, -0.2) is 50.3 Å². The molecule has 4 rings (SSSR count). The van der Waals surface area contributed by atoms with E-state index in [1.54, 1.807) is 28.6 Å². The fraction of sp³-hybridized carbons (Fsp3) is 0.435. The van der Waals surface area contributed by atoms with Crippen LogP contribution in [0.1, 0.15) is 30.9 Å². The second-order valence-electron chi connectivity index (χ2n) is 8.12. The molecule has 6 nitrogen and oxygen atoms in total. The Morgan fingerprint density at radius 2 is 1.69 bits per heavy atom. The van der Waals surface area contributed by atoms with E-state index in [0.29, 0.717) is 43.9 Å². The third-order valence-corrected chi connectivity index (χ3v) is 8.13. The van der Waals surface area contributed by atoms with Crippen LogP contribution in [0.25, 0.3) is 0 Å². The quantitative estimate of drug-likeness (QED) is 0.689. The highest BCUT2D eigenvalue weighted by molar-refractivity contribution is 7.89. The van der Waals surface area contributed by atoms with E-state index in [1.165, 1.54) is 12.1 Å². The zero-order chi connectivity index (χ0) is 21.9. The van der Waals surface area contributed by atoms with Gasteiger partial charge >= 0.3 is 0 Å². The number of hydrogen-bond acceptors (Lipinski definition) is 5. The van der Waals surface area contributed by atoms with Gasteiger partial charge in [-0.2, -0.15) is 4.31 Å². The Labute approximate surface area is 195 Å². The molecule has 1 fully saturated rings. The molecule has 0 saturated carbocycles. The van der Waals surface area contributed by atoms with Crippen LogP contribution in [0.2, 0.25) is 0 Å². The molecule has 0 aliphatic carbocycles. The minimum Gasteiger partial charge on any atom is -0.368 e. The van der Waals surface area contributed by atoms with Crippen molar-refractivity contribution in [2.45, 2.75) is 43.2 Å². The van der Waals surface area contributed by atoms with Crippen LogP contribution in [0.5, 0.6) is 0 Å². The number of aryl methyl sites for hydroxylation is 1. The summed E-state index contributed by atoms with van der Waals surface area (Å²) in [6.07, 6.45) is 2.17. The molecule has 1 saturated heterocycles. The molecule has 1 spiro atoms. The molecule has 9 heteroatoms. The Morgan fingerprint density at radius 3 is 2.31 bits per heavy atom. The zero-order valence-corrected chi connectivity index (χ0v) is 19.8. The predicted molar refractivity (Wildman–Crippen MR) is 127 cm³/mol. The summed E-state index contributed by atoms with van der Waals surface area (Å²) in [4.78, 5) is 5.05. The summed E-state index contributed by atoms with van der Waals surface area (Å²) in [6, 6.07) is 13.6. The van der Waals surface area contributed by atoms with E-state index >= 15 is 0 Å². The fourth-order valence-corrected chi connectivity index (χ4v) is 5.72. The molecule has 0 aromatic heterocycles. The highest BCUT2D eigenvalue weighted by Crippen LogP contribution is 2.29. The monoisotopic (exact) mass is 480 g/mol. The zero-order valence-electron chi connectivity index (χ0n) is 18.2. The molecule has 0 atom stereocenters. The minimum absolute atomic E-state index is 0. The second kappa shape index (κ2) is 10.3. The number of sulfonamides is 1. The minimum atomic E-state index is -3.51. The molecule has 0 bridgehead atoms. The molecule has 2 aromatic rings. The van der Waals surface area contributed by atoms with Gasteiger partial charge in [0, 0.05) is 26.2 Å². The van der Waals surface area contributed by atoms with Crippen molar-refractivity contribution in [3.63, 3.8) is 0 Å². The number of benzene rings is 2. The van der Waals surface area contributed by atoms with Crippen molar-refractivity contribution in [2.75, 3.05) is 26.2 Å². The third kappa shape index (κ3) is 5.14. The van der Waals surface area contributed by atoms with Gasteiger partial charge in [0.15, 0.2) is 0 Å². The van der Waals surface area contributed by atoms with E-state index in [-0.39, 0.29) is 23.8 Å². The molecule has 174 valence electrons. The molecule has 0 radical (unpaired) electrons. The molecule has 0 unspecified atom stereocenters. The standard InChI is InChI=1S/C23H29FN4O2S.ClH/c1-2-18-5-9-21(10-6-18)31(29,30)28-15-11-23(12-16-28)22(25-13-14-27-23)26-17-19-3-7-20(24)8-4-19;/h3-10,27H,2,11-17H2,1H3,(H,25,26);1H. The third-order valence-electron chi connectivity index (χ3n) is 6.22. The van der Waals surface area contributed by atoms with E-state index in [2.05, 4.69) is 10.6 Å². The number of hydrogen-bond donors (Lipinski definition) is 2. The normalized spacial score (nSPS) is 18.6. The molecule has 32 heavy (non-hydrogen) atoms. The number of aliphatic imine (C=N–C) groups is 1. The first-order chi connectivity index (χ1) is 14.9. The first-order valence-corrected chi connectivity index (χ1v) is 12.2. The first-order valence-electron chi connectivity index (χ1n) is 10.8. The van der Waals surface area contributed by atoms with Crippen LogP contribution in [0, 0.1) is 5.82 Å². The van der Waals surface area contributed by atoms with Gasteiger partial charge in [-0.15, -0.1) is 12.4 Å². The van der Waals surface area contributed by atoms with Crippen molar-refractivity contribution in [1.82, 2.24) is 14.9 Å². The van der Waals surface area contributed by atoms with Crippen molar-refractivity contribution in [3.8, 4) is 0 Å². The van der Waals surface area contributed by atoms with Crippen molar-refractivity contribution in [2.24, 2.45) is 4.99 Å². The van der Waals surface area contributed by atoms with Gasteiger partial charge in [-0.05, 0) is 54.7 Å². The summed E-state index contributed by atoms with van der Waals surface area (Å²) in [5.74, 6) is 0.613. The summed E-state index contributed by atoms with van der Waals surface area (Å²) < 4.78 is 40.9. The number of piperidine rings is 1. The lowest BCUT2D eigenvalue weighted by Crippen LogP contribution is -2.64. The largest absolute Gasteiger partial charge is 0.368 e. The van der Waals surface area contributed by atoms with Crippen LogP contribution >= 0.6 is 12.4 Å². The molecule has 2 aliphatic heterocycles. The Balaban J connectivity index is 0.00000289. The van der Waals surface area contributed by atoms with Gasteiger partial charge < -0.3 is 10.6 Å². The van der Waals surface area contributed by atoms with Crippen molar-refractivity contribution >= 4 is 28.3 Å². The van der Waals surface area contributed by atoms with E-state index in [0.717, 1.165) is 29.9 Å². The molecule has 2 aliphatic rings. The van der Waals surface area contributed by atoms with Crippen molar-refractivity contribution < 1.29 is 12.8 Å². The van der Waals surface area contributed by atoms with Gasteiger partial charge in [-0.3, -0.25) is 4.99 Å². The van der Waals surface area contributed by atoms with Crippen LogP contribution < -0.4 is 10.6 Å². The summed E-state index contributed by atoms with van der Waals surface area (Å²) in [7, 11) is -3.51. The van der Waals surface area contributed by atoms with E-state index in [1.807, 2.05) is 19.1 Å². The maximum absolute atomic E-state index is 13.2. The lowest BCUT2D eigenvalue weighted by molar-refractivity contribution is 0.241. The lowest BCUT2D eigenvalue weighted by atomic mass is 9.85. The van der Waals surface area contributed by atoms with E-state index < -0.39 is 10.0 Å². The van der Waals surface area contributed by atoms with Gasteiger partial charge in [0.05, 0.1) is 17.0 Å². The van der Waals surface area contributed by atoms with Gasteiger partial charge in [-0.25, -0.2) is 12.8 Å².